The highest BCUT2D eigenvalue weighted by atomic mass is 35.5. The molecule has 4 heteroatoms. The molecule has 0 spiro atoms. The zero-order chi connectivity index (χ0) is 11.3. The molecule has 0 bridgehead atoms. The molecule has 0 aliphatic heterocycles. The largest absolute Gasteiger partial charge is 0.380 e. The highest BCUT2D eigenvalue weighted by Gasteiger charge is 2.15. The summed E-state index contributed by atoms with van der Waals surface area (Å²) in [5.41, 5.74) is 0.540. The Morgan fingerprint density at radius 1 is 1.53 bits per heavy atom. The summed E-state index contributed by atoms with van der Waals surface area (Å²) < 4.78 is 18.9. The molecule has 0 aliphatic carbocycles. The molecule has 0 amide bonds. The van der Waals surface area contributed by atoms with Crippen LogP contribution in [0.2, 0.25) is 5.02 Å². The van der Waals surface area contributed by atoms with E-state index in [1.165, 1.54) is 6.07 Å². The average molecular weight is 232 g/mol. The minimum absolute atomic E-state index is 0.143. The maximum atomic E-state index is 13.6. The predicted octanol–water partition coefficient (Wildman–Crippen LogP) is 2.78. The van der Waals surface area contributed by atoms with Crippen molar-refractivity contribution in [2.24, 2.45) is 0 Å². The molecule has 2 nitrogen and oxygen atoms in total. The SMILES string of the molecule is CCOCC(NC)c1cccc(Cl)c1F. The topological polar surface area (TPSA) is 21.3 Å². The van der Waals surface area contributed by atoms with E-state index >= 15 is 0 Å². The Kier molecular flexibility index (Phi) is 5.02. The smallest absolute Gasteiger partial charge is 0.146 e. The standard InChI is InChI=1S/C11H15ClFNO/c1-3-15-7-10(14-2)8-5-4-6-9(12)11(8)13/h4-6,10,14H,3,7H2,1-2H3. The van der Waals surface area contributed by atoms with Crippen molar-refractivity contribution in [3.05, 3.63) is 34.6 Å². The molecule has 84 valence electrons. The fourth-order valence-electron chi connectivity index (χ4n) is 1.35. The van der Waals surface area contributed by atoms with Crippen LogP contribution in [0, 0.1) is 5.82 Å². The van der Waals surface area contributed by atoms with Crippen LogP contribution in [0.5, 0.6) is 0 Å². The molecule has 0 heterocycles. The van der Waals surface area contributed by atoms with Gasteiger partial charge < -0.3 is 10.1 Å². The summed E-state index contributed by atoms with van der Waals surface area (Å²) in [4.78, 5) is 0. The number of nitrogens with one attached hydrogen (secondary N) is 1. The van der Waals surface area contributed by atoms with Crippen molar-refractivity contribution in [3.63, 3.8) is 0 Å². The van der Waals surface area contributed by atoms with E-state index in [0.717, 1.165) is 0 Å². The van der Waals surface area contributed by atoms with Gasteiger partial charge in [-0.1, -0.05) is 23.7 Å². The molecule has 1 rings (SSSR count). The summed E-state index contributed by atoms with van der Waals surface area (Å²) in [5, 5.41) is 3.14. The number of hydrogen-bond acceptors (Lipinski definition) is 2. The van der Waals surface area contributed by atoms with Gasteiger partial charge in [0, 0.05) is 12.2 Å². The van der Waals surface area contributed by atoms with Crippen LogP contribution in [0.4, 0.5) is 4.39 Å². The van der Waals surface area contributed by atoms with E-state index in [-0.39, 0.29) is 16.9 Å². The molecule has 0 fully saturated rings. The lowest BCUT2D eigenvalue weighted by atomic mass is 10.1. The molecule has 0 aromatic heterocycles. The summed E-state index contributed by atoms with van der Waals surface area (Å²) in [6, 6.07) is 4.82. The van der Waals surface area contributed by atoms with Crippen molar-refractivity contribution in [3.8, 4) is 0 Å². The van der Waals surface area contributed by atoms with Crippen LogP contribution in [0.25, 0.3) is 0 Å². The summed E-state index contributed by atoms with van der Waals surface area (Å²) in [6.07, 6.45) is 0. The predicted molar refractivity (Wildman–Crippen MR) is 59.7 cm³/mol. The fourth-order valence-corrected chi connectivity index (χ4v) is 1.54. The maximum Gasteiger partial charge on any atom is 0.146 e. The first-order chi connectivity index (χ1) is 7.20. The third-order valence-electron chi connectivity index (χ3n) is 2.19. The highest BCUT2D eigenvalue weighted by molar-refractivity contribution is 6.30. The Labute approximate surface area is 94.4 Å². The summed E-state index contributed by atoms with van der Waals surface area (Å²) in [6.45, 7) is 2.95. The van der Waals surface area contributed by atoms with Crippen LogP contribution in [0.3, 0.4) is 0 Å². The summed E-state index contributed by atoms with van der Waals surface area (Å²) >= 11 is 5.71. The van der Waals surface area contributed by atoms with Gasteiger partial charge in [-0.05, 0) is 20.0 Å². The van der Waals surface area contributed by atoms with Gasteiger partial charge in [-0.2, -0.15) is 0 Å². The van der Waals surface area contributed by atoms with Gasteiger partial charge in [0.15, 0.2) is 0 Å². The summed E-state index contributed by atoms with van der Waals surface area (Å²) in [5.74, 6) is -0.377. The van der Waals surface area contributed by atoms with Gasteiger partial charge in [-0.15, -0.1) is 0 Å². The van der Waals surface area contributed by atoms with Crippen molar-refractivity contribution in [1.82, 2.24) is 5.32 Å². The van der Waals surface area contributed by atoms with E-state index in [4.69, 9.17) is 16.3 Å². The second-order valence-corrected chi connectivity index (χ2v) is 3.55. The monoisotopic (exact) mass is 231 g/mol. The van der Waals surface area contributed by atoms with Crippen molar-refractivity contribution < 1.29 is 9.13 Å². The number of benzene rings is 1. The number of halogens is 2. The molecular weight excluding hydrogens is 217 g/mol. The van der Waals surface area contributed by atoms with E-state index in [2.05, 4.69) is 5.32 Å². The third kappa shape index (κ3) is 3.16. The van der Waals surface area contributed by atoms with Crippen LogP contribution in [0.1, 0.15) is 18.5 Å². The number of likely N-dealkylation sites (N-methyl/N-ethyl adjacent to an activating group) is 1. The van der Waals surface area contributed by atoms with Gasteiger partial charge in [-0.3, -0.25) is 0 Å². The van der Waals surface area contributed by atoms with Crippen molar-refractivity contribution in [2.45, 2.75) is 13.0 Å². The van der Waals surface area contributed by atoms with E-state index < -0.39 is 0 Å². The van der Waals surface area contributed by atoms with Gasteiger partial charge in [-0.25, -0.2) is 4.39 Å². The number of rotatable bonds is 5. The molecule has 1 atom stereocenters. The first kappa shape index (κ1) is 12.4. The van der Waals surface area contributed by atoms with Crippen LogP contribution < -0.4 is 5.32 Å². The van der Waals surface area contributed by atoms with Crippen molar-refractivity contribution in [2.75, 3.05) is 20.3 Å². The maximum absolute atomic E-state index is 13.6. The van der Waals surface area contributed by atoms with E-state index in [0.29, 0.717) is 18.8 Å². The van der Waals surface area contributed by atoms with Crippen molar-refractivity contribution in [1.29, 1.82) is 0 Å². The zero-order valence-corrected chi connectivity index (χ0v) is 9.64. The fraction of sp³-hybridized carbons (Fsp3) is 0.455. The molecule has 0 saturated carbocycles. The van der Waals surface area contributed by atoms with Gasteiger partial charge in [0.2, 0.25) is 0 Å². The van der Waals surface area contributed by atoms with E-state index in [1.54, 1.807) is 19.2 Å². The molecular formula is C11H15ClFNO. The molecule has 0 aliphatic rings. The second-order valence-electron chi connectivity index (χ2n) is 3.14. The molecule has 1 N–H and O–H groups in total. The van der Waals surface area contributed by atoms with E-state index in [1.807, 2.05) is 6.92 Å². The first-order valence-corrected chi connectivity index (χ1v) is 5.27. The Balaban J connectivity index is 2.86. The summed E-state index contributed by atoms with van der Waals surface area (Å²) in [7, 11) is 1.77. The molecule has 1 unspecified atom stereocenters. The highest BCUT2D eigenvalue weighted by Crippen LogP contribution is 2.23. The zero-order valence-electron chi connectivity index (χ0n) is 8.89. The molecule has 0 saturated heterocycles. The molecule has 1 aromatic rings. The lowest BCUT2D eigenvalue weighted by molar-refractivity contribution is 0.124. The Hall–Kier alpha value is -0.640. The normalized spacial score (nSPS) is 12.8. The average Bonchev–Trinajstić information content (AvgIpc) is 2.25. The molecule has 1 aromatic carbocycles. The van der Waals surface area contributed by atoms with Gasteiger partial charge in [0.25, 0.3) is 0 Å². The Morgan fingerprint density at radius 3 is 2.87 bits per heavy atom. The number of ether oxygens (including phenoxy) is 1. The Morgan fingerprint density at radius 2 is 2.27 bits per heavy atom. The molecule has 15 heavy (non-hydrogen) atoms. The minimum Gasteiger partial charge on any atom is -0.380 e. The van der Waals surface area contributed by atoms with E-state index in [9.17, 15) is 4.39 Å². The van der Waals surface area contributed by atoms with Crippen LogP contribution in [0.15, 0.2) is 18.2 Å². The lowest BCUT2D eigenvalue weighted by Gasteiger charge is -2.17. The number of hydrogen-bond donors (Lipinski definition) is 1. The lowest BCUT2D eigenvalue weighted by Crippen LogP contribution is -2.23. The van der Waals surface area contributed by atoms with Crippen LogP contribution in [-0.2, 0) is 4.74 Å². The van der Waals surface area contributed by atoms with Gasteiger partial charge in [0.1, 0.15) is 5.82 Å². The quantitative estimate of drug-likeness (QED) is 0.842. The first-order valence-electron chi connectivity index (χ1n) is 4.89. The van der Waals surface area contributed by atoms with Gasteiger partial charge in [0.05, 0.1) is 17.7 Å². The van der Waals surface area contributed by atoms with Crippen LogP contribution >= 0.6 is 11.6 Å². The van der Waals surface area contributed by atoms with Gasteiger partial charge >= 0.3 is 0 Å². The third-order valence-corrected chi connectivity index (χ3v) is 2.49. The van der Waals surface area contributed by atoms with Crippen LogP contribution in [-0.4, -0.2) is 20.3 Å². The second kappa shape index (κ2) is 6.05. The molecule has 0 radical (unpaired) electrons. The minimum atomic E-state index is -0.377. The van der Waals surface area contributed by atoms with Crippen molar-refractivity contribution >= 4 is 11.6 Å². The Bertz CT molecular complexity index is 319.